The van der Waals surface area contributed by atoms with Crippen LogP contribution in [-0.4, -0.2) is 37.0 Å². The molecule has 0 saturated heterocycles. The Morgan fingerprint density at radius 1 is 0.588 bits per heavy atom. The molecule has 0 heterocycles. The third kappa shape index (κ3) is 7.46. The zero-order chi connectivity index (χ0) is 13.4. The van der Waals surface area contributed by atoms with Gasteiger partial charge in [0.05, 0.1) is 0 Å². The van der Waals surface area contributed by atoms with Crippen LogP contribution in [0.15, 0.2) is 0 Å². The van der Waals surface area contributed by atoms with Gasteiger partial charge >= 0.3 is 0 Å². The van der Waals surface area contributed by atoms with Crippen LogP contribution in [0.5, 0.6) is 0 Å². The van der Waals surface area contributed by atoms with Gasteiger partial charge in [-0.3, -0.25) is 0 Å². The molecular weight excluding hydrogens is 282 g/mol. The lowest BCUT2D eigenvalue weighted by Crippen LogP contribution is -1.98. The van der Waals surface area contributed by atoms with E-state index in [2.05, 4.69) is 27.7 Å². The summed E-state index contributed by atoms with van der Waals surface area (Å²) in [5, 5.41) is 0. The molecule has 104 valence electrons. The van der Waals surface area contributed by atoms with Crippen molar-refractivity contribution in [3.8, 4) is 0 Å². The van der Waals surface area contributed by atoms with E-state index < -0.39 is 12.1 Å². The Kier molecular flexibility index (Phi) is 9.95. The molecule has 4 heteroatoms. The summed E-state index contributed by atoms with van der Waals surface area (Å²) in [4.78, 5) is 0. The van der Waals surface area contributed by atoms with Crippen molar-refractivity contribution < 1.29 is 0 Å². The summed E-state index contributed by atoms with van der Waals surface area (Å²) in [6, 6.07) is -1.92. The first kappa shape index (κ1) is 18.3. The number of hydrogen-bond acceptors (Lipinski definition) is 2. The minimum absolute atomic E-state index is 0.960. The molecule has 0 aliphatic carbocycles. The van der Waals surface area contributed by atoms with Crippen molar-refractivity contribution in [1.82, 2.24) is 0 Å². The Labute approximate surface area is 119 Å². The lowest BCUT2D eigenvalue weighted by Gasteiger charge is -2.20. The van der Waals surface area contributed by atoms with Crippen LogP contribution < -0.4 is 0 Å². The van der Waals surface area contributed by atoms with Gasteiger partial charge in [-0.05, 0) is 61.9 Å². The topological polar surface area (TPSA) is 0 Å². The van der Waals surface area contributed by atoms with Gasteiger partial charge < -0.3 is 0 Å². The molecule has 0 aromatic heterocycles. The second-order valence-corrected chi connectivity index (χ2v) is 17.2. The van der Waals surface area contributed by atoms with Crippen molar-refractivity contribution in [1.29, 1.82) is 0 Å². The fraction of sp³-hybridized carbons (Fsp3) is 1.00. The zero-order valence-electron chi connectivity index (χ0n) is 12.1. The maximum atomic E-state index is 5.77. The molecule has 0 bridgehead atoms. The van der Waals surface area contributed by atoms with Gasteiger partial charge in [0.25, 0.3) is 0 Å². The Morgan fingerprint density at radius 2 is 0.882 bits per heavy atom. The summed E-state index contributed by atoms with van der Waals surface area (Å²) >= 11 is 11.5. The minimum Gasteiger partial charge on any atom is -0.0975 e. The second-order valence-electron chi connectivity index (χ2n) is 4.89. The summed E-state index contributed by atoms with van der Waals surface area (Å²) in [5.74, 6) is 0. The van der Waals surface area contributed by atoms with E-state index in [1.54, 1.807) is 0 Å². The molecule has 17 heavy (non-hydrogen) atoms. The van der Waals surface area contributed by atoms with Gasteiger partial charge in [0.15, 0.2) is 0 Å². The molecule has 0 aliphatic rings. The highest BCUT2D eigenvalue weighted by atomic mass is 32.4. The summed E-state index contributed by atoms with van der Waals surface area (Å²) in [5.41, 5.74) is 0. The Bertz CT molecular complexity index is 243. The molecule has 0 saturated carbocycles. The molecule has 0 spiro atoms. The van der Waals surface area contributed by atoms with Crippen molar-refractivity contribution in [2.75, 3.05) is 37.0 Å². The highest BCUT2D eigenvalue weighted by Gasteiger charge is 2.13. The van der Waals surface area contributed by atoms with Crippen LogP contribution in [0.2, 0.25) is 0 Å². The van der Waals surface area contributed by atoms with Crippen molar-refractivity contribution in [3.63, 3.8) is 0 Å². The average Bonchev–Trinajstić information content (AvgIpc) is 2.37. The summed E-state index contributed by atoms with van der Waals surface area (Å²) < 4.78 is 0. The molecule has 0 amide bonds. The van der Waals surface area contributed by atoms with E-state index in [1.165, 1.54) is 56.2 Å². The lowest BCUT2D eigenvalue weighted by molar-refractivity contribution is 0.777. The van der Waals surface area contributed by atoms with E-state index >= 15 is 0 Å². The minimum atomic E-state index is -0.960. The molecule has 0 aromatic rings. The Morgan fingerprint density at radius 3 is 1.12 bits per heavy atom. The maximum Gasteiger partial charge on any atom is -0.0235 e. The van der Waals surface area contributed by atoms with E-state index in [9.17, 15) is 0 Å². The van der Waals surface area contributed by atoms with Crippen molar-refractivity contribution in [2.45, 2.75) is 47.0 Å². The van der Waals surface area contributed by atoms with E-state index in [0.29, 0.717) is 0 Å². The molecule has 0 fully saturated rings. The number of unbranched alkanes of at least 4 members (excludes halogenated alkanes) is 2. The highest BCUT2D eigenvalue weighted by molar-refractivity contribution is 8.15. The predicted molar refractivity (Wildman–Crippen MR) is 94.3 cm³/mol. The second kappa shape index (κ2) is 9.24. The Balaban J connectivity index is 3.80. The summed E-state index contributed by atoms with van der Waals surface area (Å²) in [6.45, 7) is 9.10. The van der Waals surface area contributed by atoms with Crippen LogP contribution in [0, 0.1) is 0 Å². The Hall–Kier alpha value is 1.30. The van der Waals surface area contributed by atoms with Gasteiger partial charge in [-0.15, -0.1) is 0 Å². The van der Waals surface area contributed by atoms with E-state index in [4.69, 9.17) is 23.6 Å². The molecule has 0 nitrogen and oxygen atoms in total. The average molecular weight is 312 g/mol. The number of hydrogen-bond donors (Lipinski definition) is 0. The smallest absolute Gasteiger partial charge is 0.0235 e. The van der Waals surface area contributed by atoms with Crippen molar-refractivity contribution in [2.24, 2.45) is 0 Å². The van der Waals surface area contributed by atoms with Gasteiger partial charge in [0.1, 0.15) is 0 Å². The van der Waals surface area contributed by atoms with Gasteiger partial charge in [-0.2, -0.15) is 0 Å². The first-order chi connectivity index (χ1) is 7.95. The monoisotopic (exact) mass is 312 g/mol. The first-order valence-corrected chi connectivity index (χ1v) is 13.8. The van der Waals surface area contributed by atoms with E-state index in [-0.39, 0.29) is 0 Å². The first-order valence-electron chi connectivity index (χ1n) is 7.09. The molecule has 0 atom stereocenters. The SMILES string of the molecule is CCP(=S)(CC)CCCCCP(=S)(CC)CC. The van der Waals surface area contributed by atoms with E-state index in [0.717, 1.165) is 0 Å². The van der Waals surface area contributed by atoms with Gasteiger partial charge in [-0.1, -0.05) is 57.7 Å². The molecule has 0 aromatic carbocycles. The molecule has 0 N–H and O–H groups in total. The predicted octanol–water partition coefficient (Wildman–Crippen LogP) is 5.20. The highest BCUT2D eigenvalue weighted by Crippen LogP contribution is 2.47. The largest absolute Gasteiger partial charge is 0.0975 e. The molecular formula is C13H30P2S2. The van der Waals surface area contributed by atoms with Crippen molar-refractivity contribution >= 4 is 35.7 Å². The van der Waals surface area contributed by atoms with Gasteiger partial charge in [0, 0.05) is 0 Å². The van der Waals surface area contributed by atoms with Crippen LogP contribution in [0.4, 0.5) is 0 Å². The lowest BCUT2D eigenvalue weighted by atomic mass is 10.3. The molecule has 0 rings (SSSR count). The fourth-order valence-corrected chi connectivity index (χ4v) is 6.59. The molecule has 0 radical (unpaired) electrons. The van der Waals surface area contributed by atoms with Gasteiger partial charge in [-0.25, -0.2) is 0 Å². The third-order valence-electron chi connectivity index (χ3n) is 3.94. The van der Waals surface area contributed by atoms with E-state index in [1.807, 2.05) is 0 Å². The van der Waals surface area contributed by atoms with Crippen molar-refractivity contribution in [3.05, 3.63) is 0 Å². The van der Waals surface area contributed by atoms with Crippen LogP contribution in [0.25, 0.3) is 0 Å². The fourth-order valence-electron chi connectivity index (χ4n) is 2.06. The molecule has 0 unspecified atom stereocenters. The maximum absolute atomic E-state index is 5.77. The van der Waals surface area contributed by atoms with Crippen LogP contribution >= 0.6 is 12.1 Å². The van der Waals surface area contributed by atoms with Crippen LogP contribution in [0.3, 0.4) is 0 Å². The quantitative estimate of drug-likeness (QED) is 0.402. The summed E-state index contributed by atoms with van der Waals surface area (Å²) in [7, 11) is 0. The third-order valence-corrected chi connectivity index (χ3v) is 15.0. The van der Waals surface area contributed by atoms with Crippen LogP contribution in [0.1, 0.15) is 47.0 Å². The van der Waals surface area contributed by atoms with Gasteiger partial charge in [0.2, 0.25) is 0 Å². The molecule has 0 aliphatic heterocycles. The summed E-state index contributed by atoms with van der Waals surface area (Å²) in [6.07, 6.45) is 11.7. The number of rotatable bonds is 10. The normalized spacial score (nSPS) is 12.9. The van der Waals surface area contributed by atoms with Crippen LogP contribution in [-0.2, 0) is 23.6 Å². The standard InChI is InChI=1S/C13H30P2S2/c1-5-14(16,6-2)12-10-9-11-13-15(17,7-3)8-4/h5-13H2,1-4H3. The zero-order valence-corrected chi connectivity index (χ0v) is 15.5.